The molecule has 7 nitrogen and oxygen atoms in total. The lowest BCUT2D eigenvalue weighted by molar-refractivity contribution is -0.147. The van der Waals surface area contributed by atoms with Gasteiger partial charge in [-0.25, -0.2) is 0 Å². The third kappa shape index (κ3) is 7.79. The van der Waals surface area contributed by atoms with Gasteiger partial charge in [-0.05, 0) is 61.0 Å². The van der Waals surface area contributed by atoms with Crippen LogP contribution in [-0.2, 0) is 19.1 Å². The molecule has 0 bridgehead atoms. The van der Waals surface area contributed by atoms with Crippen LogP contribution in [0.2, 0.25) is 10.0 Å². The zero-order valence-corrected chi connectivity index (χ0v) is 19.8. The number of para-hydroxylation sites is 1. The smallest absolute Gasteiger partial charge is 0.306 e. The van der Waals surface area contributed by atoms with Crippen LogP contribution in [0, 0.1) is 6.92 Å². The van der Waals surface area contributed by atoms with E-state index in [9.17, 15) is 14.4 Å². The van der Waals surface area contributed by atoms with Crippen molar-refractivity contribution >= 4 is 52.4 Å². The van der Waals surface area contributed by atoms with Crippen LogP contribution >= 0.6 is 23.2 Å². The molecular weight excluding hydrogens is 479 g/mol. The predicted octanol–water partition coefficient (Wildman–Crippen LogP) is 5.99. The van der Waals surface area contributed by atoms with Crippen LogP contribution < -0.4 is 15.4 Å². The normalized spacial score (nSPS) is 10.3. The summed E-state index contributed by atoms with van der Waals surface area (Å²) in [5.41, 5.74) is 1.90. The fourth-order valence-electron chi connectivity index (χ4n) is 2.83. The van der Waals surface area contributed by atoms with Gasteiger partial charge in [0.15, 0.2) is 6.61 Å². The highest BCUT2D eigenvalue weighted by Crippen LogP contribution is 2.29. The fraction of sp³-hybridized carbons (Fsp3) is 0.160. The molecule has 176 valence electrons. The molecule has 0 saturated heterocycles. The van der Waals surface area contributed by atoms with Crippen molar-refractivity contribution in [2.75, 3.05) is 17.2 Å². The maximum Gasteiger partial charge on any atom is 0.306 e. The molecule has 0 aliphatic carbocycles. The lowest BCUT2D eigenvalue weighted by Gasteiger charge is -2.10. The standard InChI is InChI=1S/C25H22Cl2N2O5/c1-16-6-7-17(26)14-21(16)29-24(31)15-33-25(32)13-12-23(30)28-18-8-10-19(11-9-18)34-22-5-3-2-4-20(22)27/h2-11,14H,12-13,15H2,1H3,(H,28,30)(H,29,31). The van der Waals surface area contributed by atoms with Gasteiger partial charge in [-0.3, -0.25) is 14.4 Å². The average Bonchev–Trinajstić information content (AvgIpc) is 2.81. The van der Waals surface area contributed by atoms with Gasteiger partial charge in [-0.2, -0.15) is 0 Å². The number of carbonyl (C=O) groups is 3. The van der Waals surface area contributed by atoms with Gasteiger partial charge in [-0.1, -0.05) is 41.4 Å². The second kappa shape index (κ2) is 12.1. The third-order valence-electron chi connectivity index (χ3n) is 4.60. The number of nitrogens with one attached hydrogen (secondary N) is 2. The van der Waals surface area contributed by atoms with Crippen molar-refractivity contribution in [3.63, 3.8) is 0 Å². The van der Waals surface area contributed by atoms with E-state index in [4.69, 9.17) is 32.7 Å². The number of hydrogen-bond acceptors (Lipinski definition) is 5. The highest BCUT2D eigenvalue weighted by Gasteiger charge is 2.12. The molecule has 0 radical (unpaired) electrons. The zero-order valence-electron chi connectivity index (χ0n) is 18.3. The maximum atomic E-state index is 12.1. The summed E-state index contributed by atoms with van der Waals surface area (Å²) in [6.45, 7) is 1.36. The van der Waals surface area contributed by atoms with Crippen molar-refractivity contribution < 1.29 is 23.9 Å². The number of benzene rings is 3. The molecule has 0 spiro atoms. The number of carbonyl (C=O) groups excluding carboxylic acids is 3. The number of aryl methyl sites for hydroxylation is 1. The Morgan fingerprint density at radius 2 is 1.59 bits per heavy atom. The Morgan fingerprint density at radius 3 is 2.32 bits per heavy atom. The molecule has 0 atom stereocenters. The largest absolute Gasteiger partial charge is 0.456 e. The van der Waals surface area contributed by atoms with Crippen LogP contribution in [0.25, 0.3) is 0 Å². The average molecular weight is 501 g/mol. The number of halogens is 2. The topological polar surface area (TPSA) is 93.7 Å². The van der Waals surface area contributed by atoms with Crippen molar-refractivity contribution in [3.8, 4) is 11.5 Å². The SMILES string of the molecule is Cc1ccc(Cl)cc1NC(=O)COC(=O)CCC(=O)Nc1ccc(Oc2ccccc2Cl)cc1. The van der Waals surface area contributed by atoms with Gasteiger partial charge in [0.25, 0.3) is 5.91 Å². The van der Waals surface area contributed by atoms with Gasteiger partial charge in [0.05, 0.1) is 11.4 Å². The molecule has 9 heteroatoms. The van der Waals surface area contributed by atoms with E-state index in [1.807, 2.05) is 13.0 Å². The molecule has 0 unspecified atom stereocenters. The van der Waals surface area contributed by atoms with Crippen LogP contribution in [0.1, 0.15) is 18.4 Å². The van der Waals surface area contributed by atoms with E-state index in [2.05, 4.69) is 10.6 Å². The summed E-state index contributed by atoms with van der Waals surface area (Å²) in [6.07, 6.45) is -0.255. The zero-order chi connectivity index (χ0) is 24.5. The molecule has 0 saturated carbocycles. The van der Waals surface area contributed by atoms with Gasteiger partial charge in [0.2, 0.25) is 5.91 Å². The van der Waals surface area contributed by atoms with E-state index in [0.717, 1.165) is 5.56 Å². The molecule has 0 heterocycles. The number of ether oxygens (including phenoxy) is 2. The van der Waals surface area contributed by atoms with Crippen LogP contribution in [0.15, 0.2) is 66.7 Å². The summed E-state index contributed by atoms with van der Waals surface area (Å²) in [7, 11) is 0. The van der Waals surface area contributed by atoms with Gasteiger partial charge in [0.1, 0.15) is 11.5 Å². The van der Waals surface area contributed by atoms with E-state index in [-0.39, 0.29) is 18.7 Å². The highest BCUT2D eigenvalue weighted by molar-refractivity contribution is 6.32. The number of esters is 1. The second-order valence-electron chi connectivity index (χ2n) is 7.27. The number of rotatable bonds is 9. The Morgan fingerprint density at radius 1 is 0.853 bits per heavy atom. The minimum atomic E-state index is -0.656. The van der Waals surface area contributed by atoms with Crippen molar-refractivity contribution in [2.24, 2.45) is 0 Å². The summed E-state index contributed by atoms with van der Waals surface area (Å²) in [5.74, 6) is -0.439. The summed E-state index contributed by atoms with van der Waals surface area (Å²) in [5, 5.41) is 6.29. The summed E-state index contributed by atoms with van der Waals surface area (Å²) < 4.78 is 10.6. The number of amides is 2. The van der Waals surface area contributed by atoms with Crippen molar-refractivity contribution in [3.05, 3.63) is 82.3 Å². The monoisotopic (exact) mass is 500 g/mol. The molecule has 2 N–H and O–H groups in total. The van der Waals surface area contributed by atoms with Gasteiger partial charge < -0.3 is 20.1 Å². The van der Waals surface area contributed by atoms with Gasteiger partial charge in [-0.15, -0.1) is 0 Å². The van der Waals surface area contributed by atoms with Crippen LogP contribution in [0.3, 0.4) is 0 Å². The van der Waals surface area contributed by atoms with Gasteiger partial charge >= 0.3 is 5.97 Å². The lowest BCUT2D eigenvalue weighted by Crippen LogP contribution is -2.22. The molecular formula is C25H22Cl2N2O5. The molecule has 34 heavy (non-hydrogen) atoms. The highest BCUT2D eigenvalue weighted by atomic mass is 35.5. The molecule has 0 aliphatic rings. The summed E-state index contributed by atoms with van der Waals surface area (Å²) >= 11 is 12.0. The Hall–Kier alpha value is -3.55. The first kappa shape index (κ1) is 25.1. The minimum absolute atomic E-state index is 0.0915. The molecule has 2 amide bonds. The van der Waals surface area contributed by atoms with E-state index >= 15 is 0 Å². The molecule has 0 aromatic heterocycles. The molecule has 0 fully saturated rings. The number of anilines is 2. The van der Waals surface area contributed by atoms with Crippen LogP contribution in [0.4, 0.5) is 11.4 Å². The maximum absolute atomic E-state index is 12.1. The van der Waals surface area contributed by atoms with Crippen LogP contribution in [-0.4, -0.2) is 24.4 Å². The lowest BCUT2D eigenvalue weighted by atomic mass is 10.2. The van der Waals surface area contributed by atoms with E-state index in [1.54, 1.807) is 60.7 Å². The minimum Gasteiger partial charge on any atom is -0.456 e. The first-order valence-electron chi connectivity index (χ1n) is 10.3. The Bertz CT molecular complexity index is 1180. The molecule has 3 aromatic rings. The Kier molecular flexibility index (Phi) is 8.90. The molecule has 3 aromatic carbocycles. The first-order valence-corrected chi connectivity index (χ1v) is 11.1. The fourth-order valence-corrected chi connectivity index (χ4v) is 3.18. The predicted molar refractivity (Wildman–Crippen MR) is 132 cm³/mol. The third-order valence-corrected chi connectivity index (χ3v) is 5.14. The Balaban J connectivity index is 1.38. The second-order valence-corrected chi connectivity index (χ2v) is 8.12. The van der Waals surface area contributed by atoms with Gasteiger partial charge in [0, 0.05) is 22.8 Å². The van der Waals surface area contributed by atoms with Crippen molar-refractivity contribution in [1.82, 2.24) is 0 Å². The van der Waals surface area contributed by atoms with Crippen molar-refractivity contribution in [1.29, 1.82) is 0 Å². The molecule has 0 aliphatic heterocycles. The Labute approximate surface area is 207 Å². The van der Waals surface area contributed by atoms with E-state index < -0.39 is 18.5 Å². The van der Waals surface area contributed by atoms with E-state index in [0.29, 0.717) is 32.9 Å². The first-order chi connectivity index (χ1) is 16.3. The van der Waals surface area contributed by atoms with Crippen LogP contribution in [0.5, 0.6) is 11.5 Å². The summed E-state index contributed by atoms with van der Waals surface area (Å²) in [6, 6.07) is 18.9. The summed E-state index contributed by atoms with van der Waals surface area (Å²) in [4.78, 5) is 36.0. The van der Waals surface area contributed by atoms with E-state index in [1.165, 1.54) is 0 Å². The molecule has 3 rings (SSSR count). The van der Waals surface area contributed by atoms with Crippen molar-refractivity contribution in [2.45, 2.75) is 19.8 Å². The number of hydrogen-bond donors (Lipinski definition) is 2. The quantitative estimate of drug-likeness (QED) is 0.351.